The number of aliphatic hydroxyl groups is 1. The van der Waals surface area contributed by atoms with E-state index in [2.05, 4.69) is 12.1 Å². The monoisotopic (exact) mass is 319 g/mol. The maximum atomic E-state index is 9.31. The van der Waals surface area contributed by atoms with E-state index in [0.29, 0.717) is 5.75 Å². The highest BCUT2D eigenvalue weighted by molar-refractivity contribution is 5.82. The molecule has 3 heteroatoms. The van der Waals surface area contributed by atoms with E-state index < -0.39 is 5.60 Å². The van der Waals surface area contributed by atoms with E-state index in [1.165, 1.54) is 0 Å². The average Bonchev–Trinajstić information content (AvgIpc) is 2.91. The SMILES string of the molecule is OCCOc1ccc(C2([OH2+])c3ccccc3-c3ccccc32)cc1. The van der Waals surface area contributed by atoms with Crippen molar-refractivity contribution in [1.29, 1.82) is 0 Å². The Hall–Kier alpha value is -2.62. The molecule has 0 aromatic heterocycles. The van der Waals surface area contributed by atoms with Gasteiger partial charge in [-0.15, -0.1) is 0 Å². The summed E-state index contributed by atoms with van der Waals surface area (Å²) in [6.45, 7) is 0.266. The van der Waals surface area contributed by atoms with Gasteiger partial charge in [0.25, 0.3) is 0 Å². The van der Waals surface area contributed by atoms with Gasteiger partial charge in [0.1, 0.15) is 12.4 Å². The number of benzene rings is 3. The third-order valence-corrected chi connectivity index (χ3v) is 4.60. The van der Waals surface area contributed by atoms with Crippen molar-refractivity contribution in [2.45, 2.75) is 5.60 Å². The molecule has 1 aliphatic carbocycles. The largest absolute Gasteiger partial charge is 0.491 e. The summed E-state index contributed by atoms with van der Waals surface area (Å²) in [6, 6.07) is 23.9. The van der Waals surface area contributed by atoms with Crippen molar-refractivity contribution in [3.05, 3.63) is 89.5 Å². The molecule has 4 rings (SSSR count). The molecule has 0 radical (unpaired) electrons. The maximum Gasteiger partial charge on any atom is 0.243 e. The molecule has 0 aliphatic heterocycles. The van der Waals surface area contributed by atoms with Gasteiger partial charge in [0.15, 0.2) is 0 Å². The van der Waals surface area contributed by atoms with Crippen LogP contribution in [0.4, 0.5) is 0 Å². The van der Waals surface area contributed by atoms with E-state index >= 15 is 0 Å². The third-order valence-electron chi connectivity index (χ3n) is 4.60. The molecule has 120 valence electrons. The first-order chi connectivity index (χ1) is 11.7. The predicted molar refractivity (Wildman–Crippen MR) is 94.4 cm³/mol. The van der Waals surface area contributed by atoms with Gasteiger partial charge in [-0.1, -0.05) is 36.4 Å². The second kappa shape index (κ2) is 5.78. The first-order valence-corrected chi connectivity index (χ1v) is 8.04. The number of rotatable bonds is 4. The van der Waals surface area contributed by atoms with Crippen molar-refractivity contribution in [1.82, 2.24) is 0 Å². The fourth-order valence-corrected chi connectivity index (χ4v) is 3.51. The van der Waals surface area contributed by atoms with Crippen molar-refractivity contribution < 1.29 is 14.9 Å². The highest BCUT2D eigenvalue weighted by Gasteiger charge is 2.47. The van der Waals surface area contributed by atoms with Crippen LogP contribution in [0.25, 0.3) is 11.1 Å². The minimum absolute atomic E-state index is 0.00904. The van der Waals surface area contributed by atoms with Crippen LogP contribution in [-0.4, -0.2) is 23.4 Å². The van der Waals surface area contributed by atoms with E-state index in [9.17, 15) is 5.11 Å². The van der Waals surface area contributed by atoms with E-state index in [0.717, 1.165) is 27.8 Å². The number of aliphatic hydroxyl groups excluding tert-OH is 1. The zero-order valence-electron chi connectivity index (χ0n) is 13.2. The molecular formula is C21H19O3+. The summed E-state index contributed by atoms with van der Waals surface area (Å²) in [5.74, 6) is 0.705. The first-order valence-electron chi connectivity index (χ1n) is 8.04. The fraction of sp³-hybridized carbons (Fsp3) is 0.143. The normalized spacial score (nSPS) is 14.1. The Morgan fingerprint density at radius 2 is 1.33 bits per heavy atom. The van der Waals surface area contributed by atoms with Gasteiger partial charge in [0, 0.05) is 5.56 Å². The van der Waals surface area contributed by atoms with Crippen molar-refractivity contribution >= 4 is 0 Å². The van der Waals surface area contributed by atoms with Gasteiger partial charge in [-0.3, -0.25) is 0 Å². The lowest BCUT2D eigenvalue weighted by Gasteiger charge is -2.22. The minimum atomic E-state index is -0.914. The van der Waals surface area contributed by atoms with Gasteiger partial charge in [-0.2, -0.15) is 0 Å². The summed E-state index contributed by atoms with van der Waals surface area (Å²) in [5.41, 5.74) is 4.28. The van der Waals surface area contributed by atoms with Gasteiger partial charge in [-0.25, -0.2) is 0 Å². The van der Waals surface area contributed by atoms with E-state index in [4.69, 9.17) is 9.84 Å². The molecule has 0 fully saturated rings. The lowest BCUT2D eigenvalue weighted by atomic mass is 9.84. The standard InChI is InChI=1S/C21H18O3/c22-13-14-24-16-11-9-15(10-12-16)21(23)19-7-3-1-5-17(19)18-6-2-4-8-20(18)21/h1-12,22-23H,13-14H2/p+1. The average molecular weight is 319 g/mol. The Morgan fingerprint density at radius 3 is 1.88 bits per heavy atom. The van der Waals surface area contributed by atoms with Gasteiger partial charge in [0.05, 0.1) is 17.7 Å². The zero-order chi connectivity index (χ0) is 16.6. The van der Waals surface area contributed by atoms with Crippen LogP contribution in [0, 0.1) is 0 Å². The van der Waals surface area contributed by atoms with Crippen LogP contribution in [0.5, 0.6) is 5.75 Å². The summed E-state index contributed by atoms with van der Waals surface area (Å²) in [6.07, 6.45) is 0. The number of fused-ring (bicyclic) bond motifs is 3. The van der Waals surface area contributed by atoms with Crippen molar-refractivity contribution in [2.24, 2.45) is 0 Å². The van der Waals surface area contributed by atoms with Crippen LogP contribution in [0.15, 0.2) is 72.8 Å². The molecule has 3 nitrogen and oxygen atoms in total. The van der Waals surface area contributed by atoms with E-state index in [-0.39, 0.29) is 13.2 Å². The first kappa shape index (κ1) is 14.9. The summed E-state index contributed by atoms with van der Waals surface area (Å²) < 4.78 is 5.43. The Labute approximate surface area is 140 Å². The lowest BCUT2D eigenvalue weighted by molar-refractivity contribution is 0.130. The molecule has 0 amide bonds. The second-order valence-electron chi connectivity index (χ2n) is 5.94. The summed E-state index contributed by atoms with van der Waals surface area (Å²) in [4.78, 5) is 0. The van der Waals surface area contributed by atoms with Crippen LogP contribution in [0.1, 0.15) is 16.7 Å². The van der Waals surface area contributed by atoms with Crippen LogP contribution in [0.2, 0.25) is 0 Å². The van der Waals surface area contributed by atoms with Crippen molar-refractivity contribution in [2.75, 3.05) is 13.2 Å². The van der Waals surface area contributed by atoms with Gasteiger partial charge < -0.3 is 14.9 Å². The van der Waals surface area contributed by atoms with Crippen LogP contribution >= 0.6 is 0 Å². The number of ether oxygens (including phenoxy) is 1. The molecule has 3 aromatic carbocycles. The molecule has 0 atom stereocenters. The van der Waals surface area contributed by atoms with E-state index in [1.54, 1.807) is 0 Å². The molecule has 0 saturated carbocycles. The minimum Gasteiger partial charge on any atom is -0.491 e. The van der Waals surface area contributed by atoms with Crippen LogP contribution in [0.3, 0.4) is 0 Å². The van der Waals surface area contributed by atoms with Crippen molar-refractivity contribution in [3.63, 3.8) is 0 Å². The smallest absolute Gasteiger partial charge is 0.243 e. The highest BCUT2D eigenvalue weighted by Crippen LogP contribution is 2.50. The molecule has 1 aliphatic rings. The Kier molecular flexibility index (Phi) is 3.60. The molecule has 0 saturated heterocycles. The zero-order valence-corrected chi connectivity index (χ0v) is 13.2. The topological polar surface area (TPSA) is 52.4 Å². The van der Waals surface area contributed by atoms with Gasteiger partial charge in [0.2, 0.25) is 5.60 Å². The van der Waals surface area contributed by atoms with E-state index in [1.807, 2.05) is 60.7 Å². The third kappa shape index (κ3) is 2.13. The Morgan fingerprint density at radius 1 is 0.792 bits per heavy atom. The molecule has 3 aromatic rings. The molecule has 24 heavy (non-hydrogen) atoms. The molecule has 0 bridgehead atoms. The predicted octanol–water partition coefficient (Wildman–Crippen LogP) is 3.05. The highest BCUT2D eigenvalue weighted by atomic mass is 16.5. The number of hydrogen-bond acceptors (Lipinski definition) is 2. The molecule has 3 N–H and O–H groups in total. The maximum absolute atomic E-state index is 9.31. The summed E-state index contributed by atoms with van der Waals surface area (Å²) >= 11 is 0. The molecule has 0 unspecified atom stereocenters. The second-order valence-corrected chi connectivity index (χ2v) is 5.94. The summed E-state index contributed by atoms with van der Waals surface area (Å²) in [7, 11) is 0. The molecule has 0 spiro atoms. The summed E-state index contributed by atoms with van der Waals surface area (Å²) in [5, 5.41) is 18.2. The molecule has 0 heterocycles. The van der Waals surface area contributed by atoms with Crippen molar-refractivity contribution in [3.8, 4) is 16.9 Å². The number of hydrogen-bond donors (Lipinski definition) is 1. The van der Waals surface area contributed by atoms with Gasteiger partial charge in [-0.05, 0) is 47.5 Å². The van der Waals surface area contributed by atoms with Crippen LogP contribution < -0.4 is 4.74 Å². The lowest BCUT2D eigenvalue weighted by Crippen LogP contribution is -2.26. The fourth-order valence-electron chi connectivity index (χ4n) is 3.51. The molecular weight excluding hydrogens is 300 g/mol. The van der Waals surface area contributed by atoms with Gasteiger partial charge >= 0.3 is 0 Å². The quantitative estimate of drug-likeness (QED) is 0.752. The Balaban J connectivity index is 1.84. The Bertz CT molecular complexity index is 823. The van der Waals surface area contributed by atoms with Crippen LogP contribution in [-0.2, 0) is 5.60 Å².